The Labute approximate surface area is 129 Å². The molecule has 0 unspecified atom stereocenters. The third-order valence-electron chi connectivity index (χ3n) is 3.01. The first-order valence-electron chi connectivity index (χ1n) is 6.98. The molecule has 1 fully saturated rings. The van der Waals surface area contributed by atoms with E-state index in [-0.39, 0.29) is 35.6 Å². The zero-order chi connectivity index (χ0) is 16.2. The monoisotopic (exact) mass is 326 g/mol. The van der Waals surface area contributed by atoms with E-state index >= 15 is 0 Å². The second-order valence-electron chi connectivity index (χ2n) is 4.94. The summed E-state index contributed by atoms with van der Waals surface area (Å²) in [5, 5.41) is 2.70. The number of rotatable bonds is 7. The predicted octanol–water partition coefficient (Wildman–Crippen LogP) is 0.420. The number of hydrogen-bond donors (Lipinski definition) is 2. The number of sulfonamides is 1. The number of hydrogen-bond acceptors (Lipinski definition) is 5. The largest absolute Gasteiger partial charge is 0.452 e. The van der Waals surface area contributed by atoms with Crippen LogP contribution < -0.4 is 10.0 Å². The quantitative estimate of drug-likeness (QED) is 0.707. The summed E-state index contributed by atoms with van der Waals surface area (Å²) in [5.74, 6) is -1.000. The highest BCUT2D eigenvalue weighted by atomic mass is 32.2. The van der Waals surface area contributed by atoms with Crippen LogP contribution in [0.1, 0.15) is 30.1 Å². The summed E-state index contributed by atoms with van der Waals surface area (Å²) in [6.07, 6.45) is 1.92. The van der Waals surface area contributed by atoms with Gasteiger partial charge in [-0.3, -0.25) is 4.79 Å². The molecule has 120 valence electrons. The van der Waals surface area contributed by atoms with Gasteiger partial charge in [0.1, 0.15) is 0 Å². The molecule has 2 N–H and O–H groups in total. The van der Waals surface area contributed by atoms with E-state index < -0.39 is 16.0 Å². The van der Waals surface area contributed by atoms with Crippen LogP contribution in [0, 0.1) is 0 Å². The molecule has 1 aliphatic rings. The highest BCUT2D eigenvalue weighted by Crippen LogP contribution is 2.18. The van der Waals surface area contributed by atoms with E-state index in [0.29, 0.717) is 0 Å². The van der Waals surface area contributed by atoms with Gasteiger partial charge in [0.15, 0.2) is 6.61 Å². The maximum Gasteiger partial charge on any atom is 0.338 e. The number of amides is 1. The molecule has 0 atom stereocenters. The summed E-state index contributed by atoms with van der Waals surface area (Å²) in [6, 6.07) is 5.55. The van der Waals surface area contributed by atoms with Crippen LogP contribution in [0.15, 0.2) is 29.2 Å². The third kappa shape index (κ3) is 4.54. The number of carbonyl (C=O) groups is 2. The number of esters is 1. The summed E-state index contributed by atoms with van der Waals surface area (Å²) in [6.45, 7) is 1.62. The van der Waals surface area contributed by atoms with Crippen molar-refractivity contribution in [1.82, 2.24) is 10.0 Å². The molecular formula is C14H18N2O5S. The van der Waals surface area contributed by atoms with Crippen molar-refractivity contribution in [2.45, 2.75) is 30.7 Å². The summed E-state index contributed by atoms with van der Waals surface area (Å²) < 4.78 is 30.7. The molecule has 0 radical (unpaired) electrons. The molecule has 8 heteroatoms. The van der Waals surface area contributed by atoms with E-state index in [9.17, 15) is 18.0 Å². The van der Waals surface area contributed by atoms with Gasteiger partial charge in [-0.2, -0.15) is 0 Å². The first-order valence-corrected chi connectivity index (χ1v) is 8.47. The minimum absolute atomic E-state index is 0.0670. The SMILES string of the molecule is CCNS(=O)(=O)c1ccc(C(=O)OCC(=O)NC2CC2)cc1. The lowest BCUT2D eigenvalue weighted by Gasteiger charge is -2.07. The van der Waals surface area contributed by atoms with E-state index in [1.165, 1.54) is 24.3 Å². The van der Waals surface area contributed by atoms with Crippen LogP contribution in [0.2, 0.25) is 0 Å². The Hall–Kier alpha value is -1.93. The molecule has 0 heterocycles. The third-order valence-corrected chi connectivity index (χ3v) is 4.57. The first-order chi connectivity index (χ1) is 10.4. The second kappa shape index (κ2) is 6.89. The van der Waals surface area contributed by atoms with Gasteiger partial charge >= 0.3 is 5.97 Å². The summed E-state index contributed by atoms with van der Waals surface area (Å²) in [7, 11) is -3.55. The lowest BCUT2D eigenvalue weighted by molar-refractivity contribution is -0.124. The van der Waals surface area contributed by atoms with Gasteiger partial charge in [-0.05, 0) is 37.1 Å². The molecule has 2 rings (SSSR count). The Morgan fingerprint density at radius 1 is 1.23 bits per heavy atom. The average molecular weight is 326 g/mol. The van der Waals surface area contributed by atoms with Crippen molar-refractivity contribution in [2.75, 3.05) is 13.2 Å². The van der Waals surface area contributed by atoms with Crippen LogP contribution in [-0.4, -0.2) is 39.5 Å². The summed E-state index contributed by atoms with van der Waals surface area (Å²) in [4.78, 5) is 23.2. The van der Waals surface area contributed by atoms with Crippen molar-refractivity contribution in [3.63, 3.8) is 0 Å². The lowest BCUT2D eigenvalue weighted by Crippen LogP contribution is -2.30. The van der Waals surface area contributed by atoms with Gasteiger partial charge in [0, 0.05) is 12.6 Å². The van der Waals surface area contributed by atoms with Gasteiger partial charge in [-0.1, -0.05) is 6.92 Å². The van der Waals surface area contributed by atoms with Gasteiger partial charge in [0.25, 0.3) is 5.91 Å². The van der Waals surface area contributed by atoms with Crippen LogP contribution in [-0.2, 0) is 19.6 Å². The molecule has 0 spiro atoms. The van der Waals surface area contributed by atoms with Gasteiger partial charge in [0.05, 0.1) is 10.5 Å². The normalized spacial score (nSPS) is 14.4. The Bertz CT molecular complexity index is 650. The topological polar surface area (TPSA) is 102 Å². The molecule has 1 aromatic rings. The van der Waals surface area contributed by atoms with E-state index in [2.05, 4.69) is 10.0 Å². The molecular weight excluding hydrogens is 308 g/mol. The molecule has 0 aliphatic heterocycles. The van der Waals surface area contributed by atoms with E-state index in [1.807, 2.05) is 0 Å². The van der Waals surface area contributed by atoms with Crippen LogP contribution in [0.3, 0.4) is 0 Å². The number of ether oxygens (including phenoxy) is 1. The Kier molecular flexibility index (Phi) is 5.15. The predicted molar refractivity (Wildman–Crippen MR) is 78.8 cm³/mol. The van der Waals surface area contributed by atoms with Gasteiger partial charge in [-0.25, -0.2) is 17.9 Å². The number of carbonyl (C=O) groups excluding carboxylic acids is 2. The number of nitrogens with one attached hydrogen (secondary N) is 2. The van der Waals surface area contributed by atoms with Gasteiger partial charge in [0.2, 0.25) is 10.0 Å². The smallest absolute Gasteiger partial charge is 0.338 e. The summed E-state index contributed by atoms with van der Waals surface area (Å²) >= 11 is 0. The molecule has 1 saturated carbocycles. The molecule has 0 bridgehead atoms. The fourth-order valence-corrected chi connectivity index (χ4v) is 2.80. The van der Waals surface area contributed by atoms with Crippen molar-refractivity contribution in [3.05, 3.63) is 29.8 Å². The van der Waals surface area contributed by atoms with Crippen molar-refractivity contribution in [2.24, 2.45) is 0 Å². The highest BCUT2D eigenvalue weighted by Gasteiger charge is 2.23. The minimum atomic E-state index is -3.55. The fourth-order valence-electron chi connectivity index (χ4n) is 1.75. The van der Waals surface area contributed by atoms with E-state index in [1.54, 1.807) is 6.92 Å². The Balaban J connectivity index is 1.91. The molecule has 1 aliphatic carbocycles. The lowest BCUT2D eigenvalue weighted by atomic mass is 10.2. The molecule has 1 amide bonds. The fraction of sp³-hybridized carbons (Fsp3) is 0.429. The minimum Gasteiger partial charge on any atom is -0.452 e. The van der Waals surface area contributed by atoms with Crippen molar-refractivity contribution in [3.8, 4) is 0 Å². The maximum absolute atomic E-state index is 11.8. The van der Waals surface area contributed by atoms with Gasteiger partial charge < -0.3 is 10.1 Å². The van der Waals surface area contributed by atoms with Gasteiger partial charge in [-0.15, -0.1) is 0 Å². The van der Waals surface area contributed by atoms with Crippen molar-refractivity contribution < 1.29 is 22.7 Å². The highest BCUT2D eigenvalue weighted by molar-refractivity contribution is 7.89. The second-order valence-corrected chi connectivity index (χ2v) is 6.71. The number of benzene rings is 1. The summed E-state index contributed by atoms with van der Waals surface area (Å²) in [5.41, 5.74) is 0.190. The molecule has 1 aromatic carbocycles. The zero-order valence-corrected chi connectivity index (χ0v) is 13.0. The van der Waals surface area contributed by atoms with Crippen molar-refractivity contribution in [1.29, 1.82) is 0 Å². The molecule has 0 aromatic heterocycles. The molecule has 7 nitrogen and oxygen atoms in total. The van der Waals surface area contributed by atoms with Crippen LogP contribution >= 0.6 is 0 Å². The van der Waals surface area contributed by atoms with Crippen LogP contribution in [0.4, 0.5) is 0 Å². The van der Waals surface area contributed by atoms with Crippen LogP contribution in [0.5, 0.6) is 0 Å². The Morgan fingerprint density at radius 2 is 1.86 bits per heavy atom. The molecule has 0 saturated heterocycles. The van der Waals surface area contributed by atoms with E-state index in [4.69, 9.17) is 4.74 Å². The average Bonchev–Trinajstić information content (AvgIpc) is 3.29. The van der Waals surface area contributed by atoms with E-state index in [0.717, 1.165) is 12.8 Å². The standard InChI is InChI=1S/C14H18N2O5S/c1-2-15-22(19,20)12-7-3-10(4-8-12)14(18)21-9-13(17)16-11-5-6-11/h3-4,7-8,11,15H,2,5-6,9H2,1H3,(H,16,17). The Morgan fingerprint density at radius 3 is 2.41 bits per heavy atom. The zero-order valence-electron chi connectivity index (χ0n) is 12.2. The molecule has 22 heavy (non-hydrogen) atoms. The maximum atomic E-state index is 11.8. The first kappa shape index (κ1) is 16.4. The van der Waals surface area contributed by atoms with Crippen molar-refractivity contribution >= 4 is 21.9 Å². The van der Waals surface area contributed by atoms with Crippen LogP contribution in [0.25, 0.3) is 0 Å².